The van der Waals surface area contributed by atoms with Gasteiger partial charge in [0.15, 0.2) is 0 Å². The molecule has 0 saturated heterocycles. The molecule has 0 saturated carbocycles. The van der Waals surface area contributed by atoms with Gasteiger partial charge in [-0.25, -0.2) is 8.42 Å². The number of rotatable bonds is 1. The zero-order chi connectivity index (χ0) is 4.28. The van der Waals surface area contributed by atoms with Crippen LogP contribution >= 0.6 is 0 Å². The predicted octanol–water partition coefficient (Wildman–Crippen LogP) is -1.03. The van der Waals surface area contributed by atoms with Crippen molar-refractivity contribution < 1.29 is 8.42 Å². The number of thiol groups is 1. The summed E-state index contributed by atoms with van der Waals surface area (Å²) in [6.45, 7) is 1.60. The van der Waals surface area contributed by atoms with Crippen molar-refractivity contribution in [1.82, 2.24) is 0 Å². The molecule has 0 aromatic heterocycles. The SMILES string of the molecule is CC[SH](=O)=O.[NaH]. The van der Waals surface area contributed by atoms with Crippen molar-refractivity contribution in [3.05, 3.63) is 0 Å². The Hall–Kier alpha value is 0.950. The standard InChI is InChI=1S/C2H6O2S.Na.H/c1-2-5(3)4;;/h5H,2H2,1H3;;. The van der Waals surface area contributed by atoms with E-state index in [9.17, 15) is 8.42 Å². The topological polar surface area (TPSA) is 34.1 Å². The average molecular weight is 118 g/mol. The fourth-order valence-electron chi connectivity index (χ4n) is 0. The summed E-state index contributed by atoms with van der Waals surface area (Å²) in [5, 5.41) is 0. The van der Waals surface area contributed by atoms with Crippen molar-refractivity contribution in [2.24, 2.45) is 0 Å². The van der Waals surface area contributed by atoms with Crippen LogP contribution in [0.25, 0.3) is 0 Å². The van der Waals surface area contributed by atoms with E-state index in [-0.39, 0.29) is 35.3 Å². The summed E-state index contributed by atoms with van der Waals surface area (Å²) in [6.07, 6.45) is 0. The van der Waals surface area contributed by atoms with Gasteiger partial charge in [0.1, 0.15) is 10.7 Å². The monoisotopic (exact) mass is 118 g/mol. The van der Waals surface area contributed by atoms with Crippen LogP contribution < -0.4 is 0 Å². The summed E-state index contributed by atoms with van der Waals surface area (Å²) < 4.78 is 18.8. The van der Waals surface area contributed by atoms with E-state index in [2.05, 4.69) is 0 Å². The first-order valence-electron chi connectivity index (χ1n) is 1.39. The van der Waals surface area contributed by atoms with Crippen LogP contribution in [0.4, 0.5) is 0 Å². The minimum atomic E-state index is -2.10. The van der Waals surface area contributed by atoms with Gasteiger partial charge in [0.05, 0.1) is 0 Å². The maximum absolute atomic E-state index is 9.41. The fourth-order valence-corrected chi connectivity index (χ4v) is 0. The molecule has 0 spiro atoms. The van der Waals surface area contributed by atoms with Crippen molar-refractivity contribution >= 4 is 40.3 Å². The van der Waals surface area contributed by atoms with Gasteiger partial charge in [-0.05, 0) is 0 Å². The van der Waals surface area contributed by atoms with Crippen LogP contribution in [0.3, 0.4) is 0 Å². The molecule has 34 valence electrons. The molecule has 0 aliphatic carbocycles. The Balaban J connectivity index is 0. The summed E-state index contributed by atoms with van der Waals surface area (Å²) in [5.41, 5.74) is 0. The van der Waals surface area contributed by atoms with E-state index in [1.165, 1.54) is 0 Å². The normalized spacial score (nSPS) is 7.67. The third kappa shape index (κ3) is 8.87. The summed E-state index contributed by atoms with van der Waals surface area (Å²) in [7, 11) is -2.10. The second kappa shape index (κ2) is 5.95. The van der Waals surface area contributed by atoms with Crippen LogP contribution in [0.5, 0.6) is 0 Å². The molecule has 0 aliphatic rings. The molecule has 0 fully saturated rings. The molecule has 0 bridgehead atoms. The maximum atomic E-state index is 9.41. The molecule has 0 aromatic carbocycles. The molecule has 0 aromatic rings. The second-order valence-corrected chi connectivity index (χ2v) is 1.95. The Morgan fingerprint density at radius 2 is 1.67 bits per heavy atom. The molecule has 4 heteroatoms. The molecule has 0 radical (unpaired) electrons. The first-order chi connectivity index (χ1) is 2.27. The Morgan fingerprint density at radius 3 is 1.67 bits per heavy atom. The Morgan fingerprint density at radius 1 is 1.50 bits per heavy atom. The third-order valence-electron chi connectivity index (χ3n) is 0.258. The molecule has 0 amide bonds. The van der Waals surface area contributed by atoms with Crippen LogP contribution in [0.1, 0.15) is 6.92 Å². The fraction of sp³-hybridized carbons (Fsp3) is 1.00. The molecular weight excluding hydrogens is 111 g/mol. The average Bonchev–Trinajstić information content (AvgIpc) is 1.38. The van der Waals surface area contributed by atoms with Gasteiger partial charge >= 0.3 is 29.6 Å². The number of hydrogen-bond acceptors (Lipinski definition) is 2. The van der Waals surface area contributed by atoms with Crippen molar-refractivity contribution in [2.75, 3.05) is 5.75 Å². The first-order valence-corrected chi connectivity index (χ1v) is 2.75. The molecule has 0 aliphatic heterocycles. The van der Waals surface area contributed by atoms with E-state index < -0.39 is 10.7 Å². The van der Waals surface area contributed by atoms with Crippen molar-refractivity contribution in [1.29, 1.82) is 0 Å². The van der Waals surface area contributed by atoms with Gasteiger partial charge in [-0.1, -0.05) is 6.92 Å². The van der Waals surface area contributed by atoms with Gasteiger partial charge in [-0.15, -0.1) is 0 Å². The van der Waals surface area contributed by atoms with E-state index in [4.69, 9.17) is 0 Å². The Labute approximate surface area is 61.2 Å². The zero-order valence-corrected chi connectivity index (χ0v) is 3.87. The summed E-state index contributed by atoms with van der Waals surface area (Å²) >= 11 is 0. The van der Waals surface area contributed by atoms with Crippen LogP contribution in [0.15, 0.2) is 0 Å². The van der Waals surface area contributed by atoms with Crippen LogP contribution in [0.2, 0.25) is 0 Å². The van der Waals surface area contributed by atoms with Crippen molar-refractivity contribution in [2.45, 2.75) is 6.92 Å². The molecular formula is C2H7NaO2S. The first kappa shape index (κ1) is 10.0. The van der Waals surface area contributed by atoms with Gasteiger partial charge in [-0.3, -0.25) is 0 Å². The van der Waals surface area contributed by atoms with Crippen molar-refractivity contribution in [3.63, 3.8) is 0 Å². The molecule has 0 atom stereocenters. The molecule has 0 unspecified atom stereocenters. The van der Waals surface area contributed by atoms with Gasteiger partial charge in [-0.2, -0.15) is 0 Å². The van der Waals surface area contributed by atoms with E-state index in [1.807, 2.05) is 0 Å². The summed E-state index contributed by atoms with van der Waals surface area (Å²) in [5.74, 6) is 0.259. The summed E-state index contributed by atoms with van der Waals surface area (Å²) in [4.78, 5) is 0. The van der Waals surface area contributed by atoms with E-state index in [1.54, 1.807) is 6.92 Å². The van der Waals surface area contributed by atoms with Crippen LogP contribution in [0, 0.1) is 0 Å². The van der Waals surface area contributed by atoms with Gasteiger partial charge in [0, 0.05) is 5.75 Å². The zero-order valence-electron chi connectivity index (χ0n) is 2.97. The van der Waals surface area contributed by atoms with Gasteiger partial charge in [0.2, 0.25) is 0 Å². The van der Waals surface area contributed by atoms with Gasteiger partial charge < -0.3 is 0 Å². The Kier molecular flexibility index (Phi) is 9.96. The van der Waals surface area contributed by atoms with E-state index in [0.29, 0.717) is 0 Å². The molecule has 0 heterocycles. The third-order valence-corrected chi connectivity index (χ3v) is 0.775. The molecule has 2 nitrogen and oxygen atoms in total. The molecule has 0 rings (SSSR count). The van der Waals surface area contributed by atoms with Crippen LogP contribution in [-0.2, 0) is 10.7 Å². The van der Waals surface area contributed by atoms with E-state index in [0.717, 1.165) is 0 Å². The predicted molar refractivity (Wildman–Crippen MR) is 28.0 cm³/mol. The Bertz CT molecular complexity index is 69.6. The van der Waals surface area contributed by atoms with Crippen molar-refractivity contribution in [3.8, 4) is 0 Å². The van der Waals surface area contributed by atoms with Gasteiger partial charge in [0.25, 0.3) is 0 Å². The summed E-state index contributed by atoms with van der Waals surface area (Å²) in [6, 6.07) is 0. The number of hydrogen-bond donors (Lipinski definition) is 1. The van der Waals surface area contributed by atoms with Crippen LogP contribution in [-0.4, -0.2) is 43.7 Å². The molecule has 0 N–H and O–H groups in total. The molecule has 6 heavy (non-hydrogen) atoms. The minimum absolute atomic E-state index is 0. The second-order valence-electron chi connectivity index (χ2n) is 0.649. The van der Waals surface area contributed by atoms with E-state index >= 15 is 0 Å². The quantitative estimate of drug-likeness (QED) is 0.353.